The molecule has 0 saturated heterocycles. The predicted octanol–water partition coefficient (Wildman–Crippen LogP) is 3.11. The molecule has 1 N–H and O–H groups in total. The minimum absolute atomic E-state index is 0.321. The second-order valence-electron chi connectivity index (χ2n) is 4.27. The fourth-order valence-corrected chi connectivity index (χ4v) is 1.60. The summed E-state index contributed by atoms with van der Waals surface area (Å²) in [5.74, 6) is 5.85. The van der Waals surface area contributed by atoms with Crippen molar-refractivity contribution >= 4 is 0 Å². The Kier molecular flexibility index (Phi) is 12.5. The first-order valence-corrected chi connectivity index (χ1v) is 7.14. The van der Waals surface area contributed by atoms with Crippen LogP contribution in [0.1, 0.15) is 59.3 Å². The summed E-state index contributed by atoms with van der Waals surface area (Å²) >= 11 is 0. The predicted molar refractivity (Wildman–Crippen MR) is 74.2 cm³/mol. The fourth-order valence-electron chi connectivity index (χ4n) is 1.60. The zero-order valence-electron chi connectivity index (χ0n) is 12.1. The monoisotopic (exact) mass is 256 g/mol. The number of aliphatic hydroxyl groups is 1. The second kappa shape index (κ2) is 12.9. The van der Waals surface area contributed by atoms with Crippen molar-refractivity contribution in [1.29, 1.82) is 0 Å². The zero-order valence-corrected chi connectivity index (χ0v) is 12.1. The van der Waals surface area contributed by atoms with Gasteiger partial charge in [0.15, 0.2) is 0 Å². The van der Waals surface area contributed by atoms with Crippen molar-refractivity contribution in [2.75, 3.05) is 13.2 Å². The van der Waals surface area contributed by atoms with Gasteiger partial charge in [0.2, 0.25) is 6.29 Å². The Hall–Kier alpha value is -0.560. The van der Waals surface area contributed by atoms with Crippen LogP contribution < -0.4 is 0 Å². The molecule has 0 aliphatic carbocycles. The number of hydrogen-bond acceptors (Lipinski definition) is 3. The van der Waals surface area contributed by atoms with Gasteiger partial charge in [0.05, 0.1) is 6.10 Å². The van der Waals surface area contributed by atoms with E-state index in [9.17, 15) is 5.11 Å². The molecule has 0 aromatic carbocycles. The number of aliphatic hydroxyl groups excluding tert-OH is 1. The Morgan fingerprint density at radius 3 is 2.22 bits per heavy atom. The fraction of sp³-hybridized carbons (Fsp3) is 0.867. The lowest BCUT2D eigenvalue weighted by molar-refractivity contribution is -0.0970. The second-order valence-corrected chi connectivity index (χ2v) is 4.27. The van der Waals surface area contributed by atoms with Gasteiger partial charge in [0, 0.05) is 19.6 Å². The quantitative estimate of drug-likeness (QED) is 0.371. The largest absolute Gasteiger partial charge is 0.392 e. The van der Waals surface area contributed by atoms with Gasteiger partial charge in [0.1, 0.15) is 0 Å². The van der Waals surface area contributed by atoms with Crippen molar-refractivity contribution in [3.63, 3.8) is 0 Å². The molecule has 0 bridgehead atoms. The normalized spacial score (nSPS) is 12.3. The third-order valence-corrected chi connectivity index (χ3v) is 2.58. The average molecular weight is 256 g/mol. The van der Waals surface area contributed by atoms with E-state index in [1.54, 1.807) is 0 Å². The van der Waals surface area contributed by atoms with Crippen molar-refractivity contribution in [2.24, 2.45) is 0 Å². The Labute approximate surface area is 112 Å². The molecule has 1 unspecified atom stereocenters. The van der Waals surface area contributed by atoms with Gasteiger partial charge in [-0.3, -0.25) is 0 Å². The van der Waals surface area contributed by atoms with E-state index in [0.717, 1.165) is 12.8 Å². The van der Waals surface area contributed by atoms with Crippen LogP contribution in [-0.4, -0.2) is 30.7 Å². The summed E-state index contributed by atoms with van der Waals surface area (Å²) in [6.07, 6.45) is 5.31. The maximum absolute atomic E-state index is 9.74. The molecule has 0 rings (SSSR count). The third kappa shape index (κ3) is 10.6. The summed E-state index contributed by atoms with van der Waals surface area (Å²) in [4.78, 5) is 0. The molecule has 106 valence electrons. The average Bonchev–Trinajstić information content (AvgIpc) is 2.35. The molecule has 0 radical (unpaired) electrons. The molecule has 0 fully saturated rings. The van der Waals surface area contributed by atoms with Gasteiger partial charge in [-0.05, 0) is 26.2 Å². The highest BCUT2D eigenvalue weighted by Gasteiger charge is 2.04. The Morgan fingerprint density at radius 2 is 1.67 bits per heavy atom. The van der Waals surface area contributed by atoms with Gasteiger partial charge >= 0.3 is 0 Å². The number of ether oxygens (including phenoxy) is 2. The molecule has 0 spiro atoms. The summed E-state index contributed by atoms with van der Waals surface area (Å²) in [5, 5.41) is 9.74. The van der Waals surface area contributed by atoms with Gasteiger partial charge in [0.25, 0.3) is 0 Å². The van der Waals surface area contributed by atoms with Crippen LogP contribution in [-0.2, 0) is 9.47 Å². The molecule has 0 saturated carbocycles. The molecule has 0 aliphatic rings. The lowest BCUT2D eigenvalue weighted by Crippen LogP contribution is -2.15. The maximum Gasteiger partial charge on any atom is 0.222 e. The summed E-state index contributed by atoms with van der Waals surface area (Å²) in [5.41, 5.74) is 0. The number of unbranched alkanes of at least 4 members (excludes halogenated alkanes) is 3. The molecule has 0 aliphatic heterocycles. The van der Waals surface area contributed by atoms with Gasteiger partial charge in [-0.2, -0.15) is 0 Å². The molecular formula is C15H28O3. The Bertz CT molecular complexity index is 224. The van der Waals surface area contributed by atoms with Crippen molar-refractivity contribution < 1.29 is 14.6 Å². The highest BCUT2D eigenvalue weighted by molar-refractivity contribution is 5.03. The molecular weight excluding hydrogens is 228 g/mol. The molecule has 0 aromatic heterocycles. The molecule has 1 atom stereocenters. The highest BCUT2D eigenvalue weighted by Crippen LogP contribution is 2.07. The molecule has 18 heavy (non-hydrogen) atoms. The van der Waals surface area contributed by atoms with Gasteiger partial charge in [-0.25, -0.2) is 0 Å². The molecule has 3 nitrogen and oxygen atoms in total. The number of rotatable bonds is 10. The van der Waals surface area contributed by atoms with Gasteiger partial charge in [-0.15, -0.1) is 0 Å². The first kappa shape index (κ1) is 17.4. The first-order valence-electron chi connectivity index (χ1n) is 7.14. The van der Waals surface area contributed by atoms with Crippen LogP contribution in [0.15, 0.2) is 0 Å². The van der Waals surface area contributed by atoms with Crippen molar-refractivity contribution in [2.45, 2.75) is 71.7 Å². The SMILES string of the molecule is CCCCCCC(O)CC#CC(OCC)OCC. The van der Waals surface area contributed by atoms with E-state index in [1.807, 2.05) is 13.8 Å². The van der Waals surface area contributed by atoms with E-state index in [2.05, 4.69) is 18.8 Å². The summed E-state index contributed by atoms with van der Waals surface area (Å²) in [7, 11) is 0. The molecule has 0 aromatic rings. The lowest BCUT2D eigenvalue weighted by Gasteiger charge is -2.10. The van der Waals surface area contributed by atoms with E-state index >= 15 is 0 Å². The van der Waals surface area contributed by atoms with Gasteiger partial charge < -0.3 is 14.6 Å². The lowest BCUT2D eigenvalue weighted by atomic mass is 10.1. The Morgan fingerprint density at radius 1 is 1.00 bits per heavy atom. The van der Waals surface area contributed by atoms with Crippen LogP contribution in [0.2, 0.25) is 0 Å². The topological polar surface area (TPSA) is 38.7 Å². The summed E-state index contributed by atoms with van der Waals surface area (Å²) in [6.45, 7) is 7.17. The minimum Gasteiger partial charge on any atom is -0.392 e. The van der Waals surface area contributed by atoms with Crippen LogP contribution in [0.25, 0.3) is 0 Å². The molecule has 0 heterocycles. The zero-order chi connectivity index (χ0) is 13.6. The highest BCUT2D eigenvalue weighted by atomic mass is 16.7. The first-order chi connectivity index (χ1) is 8.74. The standard InChI is InChI=1S/C15H28O3/c1-4-7-8-9-11-14(16)12-10-13-15(17-5-2)18-6-3/h14-16H,4-9,11-12H2,1-3H3. The van der Waals surface area contributed by atoms with Crippen molar-refractivity contribution in [1.82, 2.24) is 0 Å². The van der Waals surface area contributed by atoms with E-state index in [-0.39, 0.29) is 6.10 Å². The van der Waals surface area contributed by atoms with E-state index < -0.39 is 6.29 Å². The molecule has 0 amide bonds. The van der Waals surface area contributed by atoms with Crippen LogP contribution in [0.5, 0.6) is 0 Å². The smallest absolute Gasteiger partial charge is 0.222 e. The van der Waals surface area contributed by atoms with Crippen LogP contribution in [0.4, 0.5) is 0 Å². The maximum atomic E-state index is 9.74. The molecule has 3 heteroatoms. The van der Waals surface area contributed by atoms with Crippen molar-refractivity contribution in [3.8, 4) is 11.8 Å². The van der Waals surface area contributed by atoms with E-state index in [1.165, 1.54) is 19.3 Å². The van der Waals surface area contributed by atoms with E-state index in [4.69, 9.17) is 9.47 Å². The van der Waals surface area contributed by atoms with E-state index in [0.29, 0.717) is 19.6 Å². The minimum atomic E-state index is -0.452. The van der Waals surface area contributed by atoms with Crippen LogP contribution in [0.3, 0.4) is 0 Å². The van der Waals surface area contributed by atoms with Crippen LogP contribution in [0, 0.1) is 11.8 Å². The third-order valence-electron chi connectivity index (χ3n) is 2.58. The Balaban J connectivity index is 3.76. The van der Waals surface area contributed by atoms with Gasteiger partial charge in [-0.1, -0.05) is 38.5 Å². The van der Waals surface area contributed by atoms with Crippen molar-refractivity contribution in [3.05, 3.63) is 0 Å². The number of hydrogen-bond donors (Lipinski definition) is 1. The van der Waals surface area contributed by atoms with Crippen LogP contribution >= 0.6 is 0 Å². The summed E-state index contributed by atoms with van der Waals surface area (Å²) in [6, 6.07) is 0. The summed E-state index contributed by atoms with van der Waals surface area (Å²) < 4.78 is 10.6.